The number of carboxylic acids is 1. The Hall–Kier alpha value is -3.02. The number of pyridine rings is 1. The number of nitrogens with zero attached hydrogens (tertiary/aromatic N) is 2. The van der Waals surface area contributed by atoms with Gasteiger partial charge in [-0.05, 0) is 17.7 Å². The molecule has 0 spiro atoms. The number of benzene rings is 1. The van der Waals surface area contributed by atoms with Crippen molar-refractivity contribution in [2.24, 2.45) is 0 Å². The maximum atomic E-state index is 12.4. The summed E-state index contributed by atoms with van der Waals surface area (Å²) in [5.41, 5.74) is 1.20. The fourth-order valence-corrected chi connectivity index (χ4v) is 2.29. The summed E-state index contributed by atoms with van der Waals surface area (Å²) in [5.74, 6) is -2.03. The fraction of sp³-hybridized carbons (Fsp3) is 0.0667. The summed E-state index contributed by atoms with van der Waals surface area (Å²) in [7, 11) is 0. The van der Waals surface area contributed by atoms with Crippen LogP contribution in [0.1, 0.15) is 26.3 Å². The molecule has 2 aromatic rings. The molecule has 2 amide bonds. The van der Waals surface area contributed by atoms with Gasteiger partial charge in [-0.1, -0.05) is 18.2 Å². The molecule has 0 radical (unpaired) electrons. The first-order valence-electron chi connectivity index (χ1n) is 6.21. The molecule has 104 valence electrons. The third kappa shape index (κ3) is 2.16. The van der Waals surface area contributed by atoms with E-state index in [4.69, 9.17) is 5.11 Å². The standard InChI is InChI=1S/C15H10N2O4/c18-13-6-9-3-1-2-4-12(9)14(19)17(13)11-5-10(15(20)21)7-16-8-11/h1-5,7-8H,6H2,(H,20,21). The zero-order valence-electron chi connectivity index (χ0n) is 10.8. The average Bonchev–Trinajstić information content (AvgIpc) is 2.47. The van der Waals surface area contributed by atoms with E-state index in [1.165, 1.54) is 18.5 Å². The Bertz CT molecular complexity index is 770. The van der Waals surface area contributed by atoms with Gasteiger partial charge in [0.05, 0.1) is 23.9 Å². The van der Waals surface area contributed by atoms with Gasteiger partial charge in [0.25, 0.3) is 5.91 Å². The highest BCUT2D eigenvalue weighted by atomic mass is 16.4. The van der Waals surface area contributed by atoms with Crippen LogP contribution in [0.15, 0.2) is 42.7 Å². The van der Waals surface area contributed by atoms with Gasteiger partial charge in [0.2, 0.25) is 5.91 Å². The normalized spacial score (nSPS) is 14.0. The highest BCUT2D eigenvalue weighted by molar-refractivity contribution is 6.24. The van der Waals surface area contributed by atoms with Crippen LogP contribution in [0.3, 0.4) is 0 Å². The van der Waals surface area contributed by atoms with E-state index in [0.717, 1.165) is 4.90 Å². The first kappa shape index (κ1) is 13.0. The molecule has 1 aromatic carbocycles. The van der Waals surface area contributed by atoms with Crippen molar-refractivity contribution in [2.75, 3.05) is 4.90 Å². The summed E-state index contributed by atoms with van der Waals surface area (Å²) in [6, 6.07) is 8.12. The van der Waals surface area contributed by atoms with Crippen LogP contribution < -0.4 is 4.90 Å². The molecule has 0 aliphatic carbocycles. The van der Waals surface area contributed by atoms with Gasteiger partial charge in [-0.15, -0.1) is 0 Å². The van der Waals surface area contributed by atoms with Crippen LogP contribution in [-0.4, -0.2) is 27.9 Å². The fourth-order valence-electron chi connectivity index (χ4n) is 2.29. The van der Waals surface area contributed by atoms with Gasteiger partial charge in [0, 0.05) is 11.8 Å². The number of hydrogen-bond acceptors (Lipinski definition) is 4. The molecule has 6 nitrogen and oxygen atoms in total. The summed E-state index contributed by atoms with van der Waals surface area (Å²) >= 11 is 0. The van der Waals surface area contributed by atoms with E-state index in [1.807, 2.05) is 0 Å². The quantitative estimate of drug-likeness (QED) is 0.843. The van der Waals surface area contributed by atoms with E-state index in [1.54, 1.807) is 24.3 Å². The number of imide groups is 1. The molecule has 0 bridgehead atoms. The number of carbonyl (C=O) groups excluding carboxylic acids is 2. The minimum atomic E-state index is -1.17. The van der Waals surface area contributed by atoms with Crippen LogP contribution in [0.2, 0.25) is 0 Å². The van der Waals surface area contributed by atoms with Gasteiger partial charge in [-0.3, -0.25) is 14.6 Å². The van der Waals surface area contributed by atoms with Crippen molar-refractivity contribution in [2.45, 2.75) is 6.42 Å². The smallest absolute Gasteiger partial charge is 0.337 e. The van der Waals surface area contributed by atoms with Crippen LogP contribution in [0.4, 0.5) is 5.69 Å². The van der Waals surface area contributed by atoms with Crippen molar-refractivity contribution < 1.29 is 19.5 Å². The molecule has 1 aliphatic heterocycles. The van der Waals surface area contributed by atoms with Crippen LogP contribution in [0.5, 0.6) is 0 Å². The second-order valence-electron chi connectivity index (χ2n) is 4.61. The average molecular weight is 282 g/mol. The van der Waals surface area contributed by atoms with Crippen LogP contribution >= 0.6 is 0 Å². The van der Waals surface area contributed by atoms with Crippen molar-refractivity contribution in [3.05, 3.63) is 59.4 Å². The molecule has 6 heteroatoms. The van der Waals surface area contributed by atoms with E-state index in [9.17, 15) is 14.4 Å². The predicted molar refractivity (Wildman–Crippen MR) is 73.2 cm³/mol. The van der Waals surface area contributed by atoms with Gasteiger partial charge >= 0.3 is 5.97 Å². The molecule has 21 heavy (non-hydrogen) atoms. The van der Waals surface area contributed by atoms with E-state index in [2.05, 4.69) is 4.98 Å². The van der Waals surface area contributed by atoms with Gasteiger partial charge in [-0.25, -0.2) is 9.69 Å². The molecule has 0 unspecified atom stereocenters. The van der Waals surface area contributed by atoms with E-state index in [0.29, 0.717) is 11.1 Å². The number of rotatable bonds is 2. The second kappa shape index (κ2) is 4.82. The zero-order valence-corrected chi connectivity index (χ0v) is 10.8. The molecule has 3 rings (SSSR count). The van der Waals surface area contributed by atoms with Crippen molar-refractivity contribution in [3.63, 3.8) is 0 Å². The topological polar surface area (TPSA) is 87.6 Å². The van der Waals surface area contributed by atoms with Gasteiger partial charge in [-0.2, -0.15) is 0 Å². The third-order valence-electron chi connectivity index (χ3n) is 3.27. The van der Waals surface area contributed by atoms with E-state index < -0.39 is 17.8 Å². The summed E-state index contributed by atoms with van der Waals surface area (Å²) in [4.78, 5) is 40.3. The Balaban J connectivity index is 2.07. The molecular weight excluding hydrogens is 272 g/mol. The van der Waals surface area contributed by atoms with Gasteiger partial charge in [0.1, 0.15) is 0 Å². The monoisotopic (exact) mass is 282 g/mol. The number of amides is 2. The number of carbonyl (C=O) groups is 3. The zero-order chi connectivity index (χ0) is 15.0. The van der Waals surface area contributed by atoms with Crippen LogP contribution in [0.25, 0.3) is 0 Å². The molecule has 1 N–H and O–H groups in total. The summed E-state index contributed by atoms with van der Waals surface area (Å²) < 4.78 is 0. The Morgan fingerprint density at radius 2 is 1.95 bits per heavy atom. The predicted octanol–water partition coefficient (Wildman–Crippen LogP) is 1.51. The number of anilines is 1. The first-order chi connectivity index (χ1) is 10.1. The summed E-state index contributed by atoms with van der Waals surface area (Å²) in [5, 5.41) is 8.97. The highest BCUT2D eigenvalue weighted by Crippen LogP contribution is 2.25. The largest absolute Gasteiger partial charge is 0.478 e. The van der Waals surface area contributed by atoms with Crippen LogP contribution in [0, 0.1) is 0 Å². The maximum Gasteiger partial charge on any atom is 0.337 e. The van der Waals surface area contributed by atoms with Crippen molar-refractivity contribution in [1.82, 2.24) is 4.98 Å². The lowest BCUT2D eigenvalue weighted by atomic mass is 9.98. The number of fused-ring (bicyclic) bond motifs is 1. The molecule has 1 aliphatic rings. The Morgan fingerprint density at radius 1 is 1.19 bits per heavy atom. The number of aromatic carboxylic acids is 1. The van der Waals surface area contributed by atoms with E-state index in [-0.39, 0.29) is 17.7 Å². The maximum absolute atomic E-state index is 12.4. The molecule has 0 fully saturated rings. The lowest BCUT2D eigenvalue weighted by molar-refractivity contribution is -0.117. The lowest BCUT2D eigenvalue weighted by Crippen LogP contribution is -2.42. The number of carboxylic acid groups (broad SMARTS) is 1. The minimum Gasteiger partial charge on any atom is -0.478 e. The summed E-state index contributed by atoms with van der Waals surface area (Å²) in [6.07, 6.45) is 2.56. The number of hydrogen-bond donors (Lipinski definition) is 1. The molecule has 1 aromatic heterocycles. The molecule has 0 saturated carbocycles. The molecular formula is C15H10N2O4. The second-order valence-corrected chi connectivity index (χ2v) is 4.61. The van der Waals surface area contributed by atoms with Crippen molar-refractivity contribution in [3.8, 4) is 0 Å². The van der Waals surface area contributed by atoms with E-state index >= 15 is 0 Å². The Labute approximate surface area is 119 Å². The van der Waals surface area contributed by atoms with Crippen molar-refractivity contribution >= 4 is 23.5 Å². The highest BCUT2D eigenvalue weighted by Gasteiger charge is 2.32. The molecule has 0 saturated heterocycles. The molecule has 0 atom stereocenters. The lowest BCUT2D eigenvalue weighted by Gasteiger charge is -2.26. The Kier molecular flexibility index (Phi) is 2.98. The third-order valence-corrected chi connectivity index (χ3v) is 3.27. The number of aromatic nitrogens is 1. The van der Waals surface area contributed by atoms with Crippen LogP contribution in [-0.2, 0) is 11.2 Å². The van der Waals surface area contributed by atoms with Gasteiger partial charge in [0.15, 0.2) is 0 Å². The first-order valence-corrected chi connectivity index (χ1v) is 6.21. The van der Waals surface area contributed by atoms with Gasteiger partial charge < -0.3 is 5.11 Å². The Morgan fingerprint density at radius 3 is 2.71 bits per heavy atom. The van der Waals surface area contributed by atoms with Crippen molar-refractivity contribution in [1.29, 1.82) is 0 Å². The summed E-state index contributed by atoms with van der Waals surface area (Å²) in [6.45, 7) is 0. The molecule has 2 heterocycles. The minimum absolute atomic E-state index is 0.0769. The SMILES string of the molecule is O=C(O)c1cncc(N2C(=O)Cc3ccccc3C2=O)c1.